The zero-order chi connectivity index (χ0) is 25.2. The van der Waals surface area contributed by atoms with Gasteiger partial charge in [0, 0.05) is 4.75 Å². The molecule has 0 bridgehead atoms. The highest BCUT2D eigenvalue weighted by molar-refractivity contribution is 7.81. The molecule has 0 saturated heterocycles. The molecule has 0 saturated carbocycles. The number of unbranched alkanes of at least 4 members (excludes halogenated alkanes) is 22. The second-order valence-electron chi connectivity index (χ2n) is 11.1. The smallest absolute Gasteiger partial charge is 0.304 e. The first kappa shape index (κ1) is 33.8. The molecule has 0 aliphatic carbocycles. The number of rotatable bonds is 28. The Labute approximate surface area is 220 Å². The van der Waals surface area contributed by atoms with E-state index in [9.17, 15) is 9.90 Å². The van der Waals surface area contributed by atoms with Gasteiger partial charge in [0.25, 0.3) is 0 Å². The summed E-state index contributed by atoms with van der Waals surface area (Å²) in [5, 5.41) is 9.38. The van der Waals surface area contributed by atoms with E-state index in [-0.39, 0.29) is 11.2 Å². The topological polar surface area (TPSA) is 37.3 Å². The summed E-state index contributed by atoms with van der Waals surface area (Å²) in [6, 6.07) is 0. The molecule has 0 fully saturated rings. The van der Waals surface area contributed by atoms with E-state index in [0.717, 1.165) is 25.7 Å². The van der Waals surface area contributed by atoms with Crippen LogP contribution in [0, 0.1) is 0 Å². The lowest BCUT2D eigenvalue weighted by atomic mass is 9.90. The summed E-state index contributed by atoms with van der Waals surface area (Å²) in [5.41, 5.74) is 0. The fraction of sp³-hybridized carbons (Fsp3) is 0.968. The predicted molar refractivity (Wildman–Crippen MR) is 155 cm³/mol. The zero-order valence-electron chi connectivity index (χ0n) is 23.4. The number of carboxylic acid groups (broad SMARTS) is 1. The van der Waals surface area contributed by atoms with Gasteiger partial charge in [-0.05, 0) is 12.8 Å². The van der Waals surface area contributed by atoms with E-state index in [2.05, 4.69) is 13.8 Å². The maximum atomic E-state index is 11.4. The molecule has 0 heterocycles. The van der Waals surface area contributed by atoms with Crippen molar-refractivity contribution in [1.82, 2.24) is 0 Å². The largest absolute Gasteiger partial charge is 0.481 e. The molecular formula is C31H62O2S. The monoisotopic (exact) mass is 498 g/mol. The zero-order valence-corrected chi connectivity index (χ0v) is 24.3. The van der Waals surface area contributed by atoms with Gasteiger partial charge >= 0.3 is 5.97 Å². The van der Waals surface area contributed by atoms with E-state index in [1.807, 2.05) is 0 Å². The van der Waals surface area contributed by atoms with Crippen LogP contribution in [0.15, 0.2) is 0 Å². The number of carboxylic acids is 1. The average molecular weight is 499 g/mol. The summed E-state index contributed by atoms with van der Waals surface area (Å²) in [7, 11) is 0. The molecule has 0 aromatic rings. The molecule has 0 unspecified atom stereocenters. The highest BCUT2D eigenvalue weighted by Gasteiger charge is 2.27. The third-order valence-corrected chi connectivity index (χ3v) is 8.08. The first-order valence-electron chi connectivity index (χ1n) is 15.5. The summed E-state index contributed by atoms with van der Waals surface area (Å²) < 4.78 is -0.303. The van der Waals surface area contributed by atoms with Crippen LogP contribution < -0.4 is 0 Å². The van der Waals surface area contributed by atoms with Crippen LogP contribution in [0.5, 0.6) is 0 Å². The third kappa shape index (κ3) is 24.9. The van der Waals surface area contributed by atoms with E-state index >= 15 is 0 Å². The van der Waals surface area contributed by atoms with Crippen LogP contribution in [-0.2, 0) is 4.79 Å². The van der Waals surface area contributed by atoms with Gasteiger partial charge < -0.3 is 5.11 Å². The summed E-state index contributed by atoms with van der Waals surface area (Å²) in [5.74, 6) is -0.687. The van der Waals surface area contributed by atoms with Gasteiger partial charge in [-0.15, -0.1) is 0 Å². The second kappa shape index (κ2) is 25.9. The van der Waals surface area contributed by atoms with E-state index in [1.165, 1.54) is 141 Å². The van der Waals surface area contributed by atoms with Crippen molar-refractivity contribution in [3.63, 3.8) is 0 Å². The molecule has 0 atom stereocenters. The van der Waals surface area contributed by atoms with Gasteiger partial charge in [-0.2, -0.15) is 12.6 Å². The Hall–Kier alpha value is -0.180. The normalized spacial score (nSPS) is 11.9. The van der Waals surface area contributed by atoms with Crippen LogP contribution >= 0.6 is 12.6 Å². The molecular weight excluding hydrogens is 436 g/mol. The molecule has 0 aliphatic rings. The minimum absolute atomic E-state index is 0.214. The Morgan fingerprint density at radius 3 is 0.971 bits per heavy atom. The lowest BCUT2D eigenvalue weighted by Crippen LogP contribution is -2.25. The van der Waals surface area contributed by atoms with Crippen LogP contribution in [0.3, 0.4) is 0 Å². The molecule has 0 radical (unpaired) electrons. The van der Waals surface area contributed by atoms with Crippen LogP contribution in [0.2, 0.25) is 0 Å². The lowest BCUT2D eigenvalue weighted by Gasteiger charge is -2.27. The number of thiol groups is 1. The van der Waals surface area contributed by atoms with E-state index in [1.54, 1.807) is 0 Å². The summed E-state index contributed by atoms with van der Waals surface area (Å²) in [4.78, 5) is 11.4. The highest BCUT2D eigenvalue weighted by atomic mass is 32.1. The van der Waals surface area contributed by atoms with Gasteiger partial charge in [0.2, 0.25) is 0 Å². The fourth-order valence-corrected chi connectivity index (χ4v) is 5.62. The molecule has 3 heteroatoms. The average Bonchev–Trinajstić information content (AvgIpc) is 2.80. The Balaban J connectivity index is 3.70. The first-order valence-corrected chi connectivity index (χ1v) is 15.9. The first-order chi connectivity index (χ1) is 16.5. The summed E-state index contributed by atoms with van der Waals surface area (Å²) in [6.07, 6.45) is 34.4. The molecule has 34 heavy (non-hydrogen) atoms. The molecule has 204 valence electrons. The molecule has 0 rings (SSSR count). The van der Waals surface area contributed by atoms with Gasteiger partial charge in [0.1, 0.15) is 0 Å². The molecule has 0 amide bonds. The summed E-state index contributed by atoms with van der Waals surface area (Å²) >= 11 is 4.89. The lowest BCUT2D eigenvalue weighted by molar-refractivity contribution is -0.137. The van der Waals surface area contributed by atoms with Crippen molar-refractivity contribution in [3.8, 4) is 0 Å². The Morgan fingerprint density at radius 1 is 0.500 bits per heavy atom. The molecule has 0 spiro atoms. The second-order valence-corrected chi connectivity index (χ2v) is 12.0. The van der Waals surface area contributed by atoms with Crippen LogP contribution in [0.1, 0.15) is 187 Å². The van der Waals surface area contributed by atoms with E-state index in [0.29, 0.717) is 0 Å². The maximum absolute atomic E-state index is 11.4. The fourth-order valence-electron chi connectivity index (χ4n) is 5.17. The Bertz CT molecular complexity index is 396. The van der Waals surface area contributed by atoms with Crippen LogP contribution in [0.4, 0.5) is 0 Å². The van der Waals surface area contributed by atoms with Crippen LogP contribution in [0.25, 0.3) is 0 Å². The van der Waals surface area contributed by atoms with Crippen molar-refractivity contribution in [2.45, 2.75) is 192 Å². The summed E-state index contributed by atoms with van der Waals surface area (Å²) in [6.45, 7) is 4.55. The standard InChI is InChI=1S/C31H62O2S/c1-3-5-7-9-11-13-15-17-19-21-23-25-27-31(34,29-30(32)33)28-26-24-22-20-18-16-14-12-10-8-6-4-2/h34H,3-29H2,1-2H3,(H,32,33). The molecule has 0 aromatic carbocycles. The third-order valence-electron chi connectivity index (χ3n) is 7.47. The van der Waals surface area contributed by atoms with Crippen LogP contribution in [-0.4, -0.2) is 15.8 Å². The maximum Gasteiger partial charge on any atom is 0.304 e. The van der Waals surface area contributed by atoms with Crippen molar-refractivity contribution < 1.29 is 9.90 Å². The van der Waals surface area contributed by atoms with E-state index in [4.69, 9.17) is 12.6 Å². The number of hydrogen-bond acceptors (Lipinski definition) is 2. The SMILES string of the molecule is CCCCCCCCCCCCCCC(S)(CCCCCCCCCCCCCC)CC(=O)O. The van der Waals surface area contributed by atoms with Crippen molar-refractivity contribution in [3.05, 3.63) is 0 Å². The molecule has 2 nitrogen and oxygen atoms in total. The number of hydrogen-bond donors (Lipinski definition) is 2. The van der Waals surface area contributed by atoms with Crippen molar-refractivity contribution in [2.24, 2.45) is 0 Å². The minimum Gasteiger partial charge on any atom is -0.481 e. The van der Waals surface area contributed by atoms with Gasteiger partial charge in [-0.25, -0.2) is 0 Å². The van der Waals surface area contributed by atoms with Gasteiger partial charge in [-0.3, -0.25) is 4.79 Å². The van der Waals surface area contributed by atoms with E-state index < -0.39 is 5.97 Å². The quantitative estimate of drug-likeness (QED) is 0.0831. The minimum atomic E-state index is -0.687. The Kier molecular flexibility index (Phi) is 25.8. The number of aliphatic carboxylic acids is 1. The van der Waals surface area contributed by atoms with Crippen molar-refractivity contribution in [1.29, 1.82) is 0 Å². The van der Waals surface area contributed by atoms with Crippen molar-refractivity contribution >= 4 is 18.6 Å². The van der Waals surface area contributed by atoms with Gasteiger partial charge in [-0.1, -0.05) is 168 Å². The van der Waals surface area contributed by atoms with Gasteiger partial charge in [0.15, 0.2) is 0 Å². The number of carbonyl (C=O) groups is 1. The molecule has 1 N–H and O–H groups in total. The predicted octanol–water partition coefficient (Wildman–Crippen LogP) is 11.3. The Morgan fingerprint density at radius 2 is 0.735 bits per heavy atom. The highest BCUT2D eigenvalue weighted by Crippen LogP contribution is 2.33. The van der Waals surface area contributed by atoms with Crippen molar-refractivity contribution in [2.75, 3.05) is 0 Å². The van der Waals surface area contributed by atoms with Gasteiger partial charge in [0.05, 0.1) is 6.42 Å². The molecule has 0 aromatic heterocycles. The molecule has 0 aliphatic heterocycles.